The highest BCUT2D eigenvalue weighted by Crippen LogP contribution is 2.32. The number of carbonyl (C=O) groups excluding carboxylic acids is 2. The molecule has 0 saturated carbocycles. The SMILES string of the molecule is COC(=O)c1c2c(Cl)cnc-2ccn1O.COC(=O)c1nccc2[nH]cc(Cl)c12. The minimum absolute atomic E-state index is 0.0301. The molecule has 150 valence electrons. The van der Waals surface area contributed by atoms with E-state index in [-0.39, 0.29) is 11.4 Å². The number of H-pyrrole nitrogens is 1. The lowest BCUT2D eigenvalue weighted by Crippen LogP contribution is -2.13. The highest BCUT2D eigenvalue weighted by atomic mass is 35.5. The van der Waals surface area contributed by atoms with E-state index in [4.69, 9.17) is 23.2 Å². The van der Waals surface area contributed by atoms with Crippen LogP contribution in [-0.4, -0.2) is 51.0 Å². The summed E-state index contributed by atoms with van der Waals surface area (Å²) >= 11 is 11.8. The van der Waals surface area contributed by atoms with Crippen LogP contribution in [0.1, 0.15) is 21.0 Å². The molecule has 0 unspecified atom stereocenters. The van der Waals surface area contributed by atoms with Crippen molar-refractivity contribution < 1.29 is 24.3 Å². The van der Waals surface area contributed by atoms with Crippen LogP contribution in [0.2, 0.25) is 10.0 Å². The van der Waals surface area contributed by atoms with Crippen LogP contribution in [0.25, 0.3) is 22.2 Å². The van der Waals surface area contributed by atoms with Crippen LogP contribution in [0.3, 0.4) is 0 Å². The van der Waals surface area contributed by atoms with Crippen LogP contribution in [0, 0.1) is 0 Å². The fraction of sp³-hybridized carbons (Fsp3) is 0.111. The summed E-state index contributed by atoms with van der Waals surface area (Å²) in [6.45, 7) is 0. The summed E-state index contributed by atoms with van der Waals surface area (Å²) in [7, 11) is 2.54. The minimum atomic E-state index is -0.669. The Morgan fingerprint density at radius 2 is 1.83 bits per heavy atom. The van der Waals surface area contributed by atoms with Crippen molar-refractivity contribution in [2.24, 2.45) is 0 Å². The van der Waals surface area contributed by atoms with E-state index in [1.165, 1.54) is 32.8 Å². The van der Waals surface area contributed by atoms with E-state index < -0.39 is 11.9 Å². The van der Waals surface area contributed by atoms with Gasteiger partial charge >= 0.3 is 11.9 Å². The Balaban J connectivity index is 0.000000166. The van der Waals surface area contributed by atoms with E-state index in [0.29, 0.717) is 31.4 Å². The molecule has 9 nitrogen and oxygen atoms in total. The first-order valence-electron chi connectivity index (χ1n) is 8.02. The summed E-state index contributed by atoms with van der Waals surface area (Å²) in [5.74, 6) is -1.16. The Kier molecular flexibility index (Phi) is 5.90. The maximum Gasteiger partial charge on any atom is 0.358 e. The molecule has 0 atom stereocenters. The van der Waals surface area contributed by atoms with Gasteiger partial charge in [-0.05, 0) is 12.1 Å². The number of fused-ring (bicyclic) bond motifs is 2. The number of aromatic nitrogens is 4. The van der Waals surface area contributed by atoms with Crippen LogP contribution < -0.4 is 0 Å². The molecule has 2 aliphatic rings. The van der Waals surface area contributed by atoms with Gasteiger partial charge in [-0.25, -0.2) is 14.6 Å². The number of rotatable bonds is 2. The lowest BCUT2D eigenvalue weighted by atomic mass is 10.1. The smallest absolute Gasteiger partial charge is 0.358 e. The number of methoxy groups -OCH3 is 2. The molecule has 2 aliphatic heterocycles. The Morgan fingerprint density at radius 1 is 1.10 bits per heavy atom. The summed E-state index contributed by atoms with van der Waals surface area (Å²) < 4.78 is 9.81. The van der Waals surface area contributed by atoms with Crippen LogP contribution in [0.4, 0.5) is 0 Å². The lowest BCUT2D eigenvalue weighted by Gasteiger charge is -2.09. The Labute approximate surface area is 174 Å². The Hall–Kier alpha value is -3.30. The lowest BCUT2D eigenvalue weighted by molar-refractivity contribution is 0.0545. The molecule has 0 aromatic carbocycles. The van der Waals surface area contributed by atoms with Gasteiger partial charge in [-0.3, -0.25) is 4.98 Å². The van der Waals surface area contributed by atoms with E-state index in [1.54, 1.807) is 18.3 Å². The standard InChI is InChI=1S/C9H7ClN2O3.C9H7ClN2O2/c1-15-9(13)8-7-5(10)4-11-6(7)2-3-12(8)14;1-14-9(13)8-7-5(10)4-12-6(7)2-3-11-8/h2-4,14H,1H3;2-4,12H,1H3. The average Bonchev–Trinajstić information content (AvgIpc) is 3.30. The predicted molar refractivity (Wildman–Crippen MR) is 105 cm³/mol. The first-order valence-corrected chi connectivity index (χ1v) is 8.77. The zero-order valence-electron chi connectivity index (χ0n) is 15.1. The molecule has 0 radical (unpaired) electrons. The van der Waals surface area contributed by atoms with Gasteiger partial charge in [-0.15, -0.1) is 0 Å². The van der Waals surface area contributed by atoms with E-state index in [2.05, 4.69) is 24.4 Å². The maximum absolute atomic E-state index is 11.4. The number of hydrogen-bond acceptors (Lipinski definition) is 7. The number of carbonyl (C=O) groups is 2. The predicted octanol–water partition coefficient (Wildman–Crippen LogP) is 3.67. The molecule has 29 heavy (non-hydrogen) atoms. The molecule has 2 N–H and O–H groups in total. The van der Waals surface area contributed by atoms with Crippen molar-refractivity contribution in [1.82, 2.24) is 19.7 Å². The van der Waals surface area contributed by atoms with Crippen molar-refractivity contribution in [2.75, 3.05) is 14.2 Å². The molecule has 0 fully saturated rings. The van der Waals surface area contributed by atoms with Gasteiger partial charge in [-0.2, -0.15) is 4.73 Å². The van der Waals surface area contributed by atoms with Crippen LogP contribution in [0.15, 0.2) is 36.9 Å². The number of ether oxygens (including phenoxy) is 2. The average molecular weight is 437 g/mol. The number of nitrogens with zero attached hydrogens (tertiary/aromatic N) is 3. The number of nitrogens with one attached hydrogen (secondary N) is 1. The highest BCUT2D eigenvalue weighted by molar-refractivity contribution is 6.36. The largest absolute Gasteiger partial charge is 0.464 e. The van der Waals surface area contributed by atoms with Gasteiger partial charge < -0.3 is 19.7 Å². The zero-order valence-corrected chi connectivity index (χ0v) is 16.7. The number of aromatic amines is 1. The van der Waals surface area contributed by atoms with Crippen molar-refractivity contribution in [3.05, 3.63) is 58.4 Å². The molecule has 2 aromatic rings. The molecule has 0 bridgehead atoms. The number of pyridine rings is 2. The molecule has 0 aliphatic carbocycles. The van der Waals surface area contributed by atoms with Gasteiger partial charge in [0, 0.05) is 24.8 Å². The molecular weight excluding hydrogens is 423 g/mol. The van der Waals surface area contributed by atoms with Crippen LogP contribution >= 0.6 is 23.2 Å². The summed E-state index contributed by atoms with van der Waals surface area (Å²) in [5.41, 5.74) is 1.89. The molecule has 4 rings (SSSR count). The van der Waals surface area contributed by atoms with Crippen molar-refractivity contribution in [3.8, 4) is 11.3 Å². The van der Waals surface area contributed by atoms with Crippen molar-refractivity contribution in [3.63, 3.8) is 0 Å². The van der Waals surface area contributed by atoms with Crippen molar-refractivity contribution in [1.29, 1.82) is 0 Å². The quantitative estimate of drug-likeness (QED) is 0.363. The Morgan fingerprint density at radius 3 is 2.52 bits per heavy atom. The van der Waals surface area contributed by atoms with Gasteiger partial charge in [0.1, 0.15) is 0 Å². The van der Waals surface area contributed by atoms with Gasteiger partial charge in [0.25, 0.3) is 0 Å². The second-order valence-corrected chi connectivity index (χ2v) is 6.39. The normalized spacial score (nSPS) is 10.5. The number of hydrogen-bond donors (Lipinski definition) is 2. The second kappa shape index (κ2) is 8.38. The van der Waals surface area contributed by atoms with Crippen molar-refractivity contribution in [2.45, 2.75) is 0 Å². The maximum atomic E-state index is 11.4. The summed E-state index contributed by atoms with van der Waals surface area (Å²) in [6, 6.07) is 3.29. The van der Waals surface area contributed by atoms with Gasteiger partial charge in [0.2, 0.25) is 0 Å². The topological polar surface area (TPSA) is 119 Å². The van der Waals surface area contributed by atoms with Crippen LogP contribution in [-0.2, 0) is 9.47 Å². The molecule has 0 spiro atoms. The summed E-state index contributed by atoms with van der Waals surface area (Å²) in [6.07, 6.45) is 5.86. The van der Waals surface area contributed by atoms with Crippen LogP contribution in [0.5, 0.6) is 0 Å². The first-order chi connectivity index (χ1) is 13.9. The van der Waals surface area contributed by atoms with E-state index in [0.717, 1.165) is 5.52 Å². The van der Waals surface area contributed by atoms with Crippen molar-refractivity contribution >= 4 is 46.0 Å². The molecular formula is C18H14Cl2N4O5. The van der Waals surface area contributed by atoms with Gasteiger partial charge in [0.05, 0.1) is 46.4 Å². The molecule has 11 heteroatoms. The third-order valence-electron chi connectivity index (χ3n) is 3.95. The minimum Gasteiger partial charge on any atom is -0.464 e. The third-order valence-corrected chi connectivity index (χ3v) is 4.54. The first kappa shape index (κ1) is 20.4. The van der Waals surface area contributed by atoms with Gasteiger partial charge in [-0.1, -0.05) is 23.2 Å². The monoisotopic (exact) mass is 436 g/mol. The molecule has 2 aromatic heterocycles. The van der Waals surface area contributed by atoms with E-state index in [9.17, 15) is 14.8 Å². The fourth-order valence-electron chi connectivity index (χ4n) is 2.65. The highest BCUT2D eigenvalue weighted by Gasteiger charge is 2.23. The molecule has 0 saturated heterocycles. The van der Waals surface area contributed by atoms with Gasteiger partial charge in [0.15, 0.2) is 11.4 Å². The molecule has 0 amide bonds. The summed E-state index contributed by atoms with van der Waals surface area (Å²) in [5, 5.41) is 10.8. The second-order valence-electron chi connectivity index (χ2n) is 5.58. The number of esters is 2. The van der Waals surface area contributed by atoms with E-state index in [1.807, 2.05) is 0 Å². The molecule has 4 heterocycles. The third kappa shape index (κ3) is 3.82. The Bertz CT molecular complexity index is 1170. The fourth-order valence-corrected chi connectivity index (χ4v) is 3.13. The number of halogens is 2. The van der Waals surface area contributed by atoms with E-state index >= 15 is 0 Å². The zero-order chi connectivity index (χ0) is 21.1. The summed E-state index contributed by atoms with van der Waals surface area (Å²) in [4.78, 5) is 33.6.